The zero-order valence-electron chi connectivity index (χ0n) is 9.91. The van der Waals surface area contributed by atoms with Crippen molar-refractivity contribution in [1.82, 2.24) is 15.5 Å². The Morgan fingerprint density at radius 3 is 2.56 bits per heavy atom. The van der Waals surface area contributed by atoms with E-state index < -0.39 is 12.1 Å². The summed E-state index contributed by atoms with van der Waals surface area (Å²) in [5, 5.41) is 6.72. The maximum absolute atomic E-state index is 12.5. The van der Waals surface area contributed by atoms with Crippen molar-refractivity contribution in [3.05, 3.63) is 12.2 Å². The van der Waals surface area contributed by atoms with Gasteiger partial charge in [0.25, 0.3) is 0 Å². The molecule has 2 rings (SSSR count). The average Bonchev–Trinajstić information content (AvgIpc) is 2.82. The maximum atomic E-state index is 12.5. The summed E-state index contributed by atoms with van der Waals surface area (Å²) in [7, 11) is 0. The van der Waals surface area contributed by atoms with E-state index in [1.807, 2.05) is 0 Å². The van der Waals surface area contributed by atoms with Crippen LogP contribution in [0, 0.1) is 5.92 Å². The lowest BCUT2D eigenvalue weighted by atomic mass is 9.85. The molecular weight excluding hydrogens is 247 g/mol. The molecule has 4 nitrogen and oxygen atoms in total. The molecule has 0 aromatic carbocycles. The van der Waals surface area contributed by atoms with Gasteiger partial charge in [-0.15, -0.1) is 0 Å². The van der Waals surface area contributed by atoms with Crippen LogP contribution in [0.5, 0.6) is 0 Å². The van der Waals surface area contributed by atoms with Gasteiger partial charge in [0.15, 0.2) is 6.33 Å². The van der Waals surface area contributed by atoms with Crippen LogP contribution in [0.25, 0.3) is 0 Å². The van der Waals surface area contributed by atoms with Crippen molar-refractivity contribution in [2.45, 2.75) is 44.3 Å². The minimum Gasteiger partial charge on any atom is -0.340 e. The van der Waals surface area contributed by atoms with Crippen LogP contribution in [0.15, 0.2) is 10.9 Å². The molecule has 1 heterocycles. The first-order valence-electron chi connectivity index (χ1n) is 6.11. The second kappa shape index (κ2) is 5.69. The van der Waals surface area contributed by atoms with Gasteiger partial charge in [-0.3, -0.25) is 0 Å². The summed E-state index contributed by atoms with van der Waals surface area (Å²) >= 11 is 0. The molecule has 1 saturated carbocycles. The maximum Gasteiger partial charge on any atom is 0.391 e. The predicted octanol–water partition coefficient (Wildman–Crippen LogP) is 2.32. The Morgan fingerprint density at radius 1 is 1.28 bits per heavy atom. The number of nitrogens with zero attached hydrogens (tertiary/aromatic N) is 2. The van der Waals surface area contributed by atoms with Gasteiger partial charge in [0.05, 0.1) is 5.92 Å². The first-order chi connectivity index (χ1) is 8.55. The Balaban J connectivity index is 1.65. The van der Waals surface area contributed by atoms with Crippen molar-refractivity contribution in [3.8, 4) is 0 Å². The number of hydrogen-bond donors (Lipinski definition) is 1. The SMILES string of the molecule is FC(F)(F)C1CCC(NCCc2ncno2)CC1. The Labute approximate surface area is 103 Å². The fraction of sp³-hybridized carbons (Fsp3) is 0.818. The molecule has 0 bridgehead atoms. The highest BCUT2D eigenvalue weighted by Gasteiger charge is 2.41. The largest absolute Gasteiger partial charge is 0.391 e. The van der Waals surface area contributed by atoms with Gasteiger partial charge in [-0.2, -0.15) is 18.2 Å². The normalized spacial score (nSPS) is 25.3. The Kier molecular flexibility index (Phi) is 4.21. The zero-order chi connectivity index (χ0) is 13.0. The Morgan fingerprint density at radius 2 is 2.00 bits per heavy atom. The summed E-state index contributed by atoms with van der Waals surface area (Å²) in [6, 6.07) is 0.173. The minimum absolute atomic E-state index is 0.173. The quantitative estimate of drug-likeness (QED) is 0.905. The molecule has 1 N–H and O–H groups in total. The molecule has 1 aromatic rings. The summed E-state index contributed by atoms with van der Waals surface area (Å²) in [5.74, 6) is -0.571. The van der Waals surface area contributed by atoms with Crippen LogP contribution in [-0.4, -0.2) is 28.9 Å². The van der Waals surface area contributed by atoms with Crippen LogP contribution in [0.1, 0.15) is 31.6 Å². The number of halogens is 3. The van der Waals surface area contributed by atoms with Gasteiger partial charge in [0, 0.05) is 19.0 Å². The lowest BCUT2D eigenvalue weighted by molar-refractivity contribution is -0.182. The third kappa shape index (κ3) is 3.69. The molecule has 1 fully saturated rings. The number of hydrogen-bond acceptors (Lipinski definition) is 4. The molecule has 0 radical (unpaired) electrons. The number of aromatic nitrogens is 2. The van der Waals surface area contributed by atoms with Crippen molar-refractivity contribution in [3.63, 3.8) is 0 Å². The van der Waals surface area contributed by atoms with E-state index in [2.05, 4.69) is 15.5 Å². The highest BCUT2D eigenvalue weighted by Crippen LogP contribution is 2.37. The highest BCUT2D eigenvalue weighted by atomic mass is 19.4. The summed E-state index contributed by atoms with van der Waals surface area (Å²) in [5.41, 5.74) is 0. The van der Waals surface area contributed by atoms with Gasteiger partial charge in [-0.25, -0.2) is 0 Å². The van der Waals surface area contributed by atoms with E-state index in [-0.39, 0.29) is 18.9 Å². The van der Waals surface area contributed by atoms with Crippen molar-refractivity contribution >= 4 is 0 Å². The zero-order valence-corrected chi connectivity index (χ0v) is 9.91. The highest BCUT2D eigenvalue weighted by molar-refractivity contribution is 4.82. The van der Waals surface area contributed by atoms with Gasteiger partial charge in [0.1, 0.15) is 0 Å². The molecule has 0 atom stereocenters. The number of rotatable bonds is 4. The summed E-state index contributed by atoms with van der Waals surface area (Å²) in [6.45, 7) is 0.656. The molecule has 7 heteroatoms. The first kappa shape index (κ1) is 13.3. The van der Waals surface area contributed by atoms with Crippen LogP contribution in [-0.2, 0) is 6.42 Å². The van der Waals surface area contributed by atoms with Crippen molar-refractivity contribution in [2.24, 2.45) is 5.92 Å². The summed E-state index contributed by atoms with van der Waals surface area (Å²) in [6.07, 6.45) is -0.483. The van der Waals surface area contributed by atoms with Crippen LogP contribution in [0.2, 0.25) is 0 Å². The standard InChI is InChI=1S/C11H16F3N3O/c12-11(13,14)8-1-3-9(4-2-8)15-6-5-10-16-7-17-18-10/h7-9,15H,1-6H2. The van der Waals surface area contributed by atoms with Crippen LogP contribution < -0.4 is 5.32 Å². The molecule has 1 aliphatic carbocycles. The smallest absolute Gasteiger partial charge is 0.340 e. The summed E-state index contributed by atoms with van der Waals surface area (Å²) in [4.78, 5) is 3.88. The van der Waals surface area contributed by atoms with E-state index in [0.29, 0.717) is 31.7 Å². The monoisotopic (exact) mass is 263 g/mol. The molecule has 0 saturated heterocycles. The molecule has 0 unspecified atom stereocenters. The molecule has 102 valence electrons. The van der Waals surface area contributed by atoms with E-state index in [1.165, 1.54) is 6.33 Å². The molecular formula is C11H16F3N3O. The van der Waals surface area contributed by atoms with Crippen LogP contribution >= 0.6 is 0 Å². The first-order valence-corrected chi connectivity index (χ1v) is 6.11. The Bertz CT molecular complexity index is 345. The number of nitrogens with one attached hydrogen (secondary N) is 1. The predicted molar refractivity (Wildman–Crippen MR) is 57.8 cm³/mol. The topological polar surface area (TPSA) is 51.0 Å². The van der Waals surface area contributed by atoms with Gasteiger partial charge < -0.3 is 9.84 Å². The molecule has 0 amide bonds. The van der Waals surface area contributed by atoms with Crippen LogP contribution in [0.4, 0.5) is 13.2 Å². The lowest BCUT2D eigenvalue weighted by Gasteiger charge is -2.30. The second-order valence-corrected chi connectivity index (χ2v) is 4.63. The third-order valence-corrected chi connectivity index (χ3v) is 3.37. The van der Waals surface area contributed by atoms with Gasteiger partial charge in [-0.05, 0) is 25.7 Å². The van der Waals surface area contributed by atoms with E-state index in [1.54, 1.807) is 0 Å². The van der Waals surface area contributed by atoms with E-state index in [9.17, 15) is 13.2 Å². The van der Waals surface area contributed by atoms with Gasteiger partial charge in [0.2, 0.25) is 5.89 Å². The average molecular weight is 263 g/mol. The van der Waals surface area contributed by atoms with Crippen LogP contribution in [0.3, 0.4) is 0 Å². The lowest BCUT2D eigenvalue weighted by Crippen LogP contribution is -2.37. The second-order valence-electron chi connectivity index (χ2n) is 4.63. The van der Waals surface area contributed by atoms with Crippen molar-refractivity contribution in [1.29, 1.82) is 0 Å². The van der Waals surface area contributed by atoms with E-state index in [4.69, 9.17) is 4.52 Å². The van der Waals surface area contributed by atoms with Crippen molar-refractivity contribution < 1.29 is 17.7 Å². The summed E-state index contributed by atoms with van der Waals surface area (Å²) < 4.78 is 42.2. The molecule has 1 aromatic heterocycles. The minimum atomic E-state index is -4.03. The van der Waals surface area contributed by atoms with E-state index in [0.717, 1.165) is 0 Å². The van der Waals surface area contributed by atoms with Gasteiger partial charge >= 0.3 is 6.18 Å². The van der Waals surface area contributed by atoms with E-state index >= 15 is 0 Å². The number of alkyl halides is 3. The molecule has 0 spiro atoms. The third-order valence-electron chi connectivity index (χ3n) is 3.37. The van der Waals surface area contributed by atoms with Gasteiger partial charge in [-0.1, -0.05) is 5.16 Å². The fourth-order valence-corrected chi connectivity index (χ4v) is 2.31. The Hall–Kier alpha value is -1.11. The molecule has 1 aliphatic rings. The molecule has 0 aliphatic heterocycles. The molecule has 18 heavy (non-hydrogen) atoms. The van der Waals surface area contributed by atoms with Crippen molar-refractivity contribution in [2.75, 3.05) is 6.54 Å². The fourth-order valence-electron chi connectivity index (χ4n) is 2.31.